The molecule has 1 amide bonds. The van der Waals surface area contributed by atoms with E-state index < -0.39 is 5.23 Å². The van der Waals surface area contributed by atoms with Crippen LogP contribution in [0.5, 0.6) is 0 Å². The molecule has 2 aromatic carbocycles. The zero-order valence-corrected chi connectivity index (χ0v) is 10.7. The second-order valence-corrected chi connectivity index (χ2v) is 4.22. The van der Waals surface area contributed by atoms with Gasteiger partial charge in [-0.15, -0.1) is 0 Å². The van der Waals surface area contributed by atoms with Crippen LogP contribution in [0.1, 0.15) is 5.56 Å². The smallest absolute Gasteiger partial charge is 0.242 e. The maximum Gasteiger partial charge on any atom is 0.242 e. The van der Waals surface area contributed by atoms with Crippen LogP contribution in [-0.2, 0) is 11.2 Å². The molecule has 0 aliphatic carbocycles. The molecule has 0 fully saturated rings. The minimum absolute atomic E-state index is 0.168. The second kappa shape index (κ2) is 6.67. The van der Waals surface area contributed by atoms with Gasteiger partial charge in [-0.3, -0.25) is 15.6 Å². The molecule has 0 aliphatic rings. The standard InChI is InChI=1S/C14H15N3O3/c18-14(10-11-4-2-1-3-5-11)16-15-12-6-8-13(9-7-12)17(19)20/h1-9,15,17,19H,10H2,(H,16,18). The molecule has 0 radical (unpaired) electrons. The van der Waals surface area contributed by atoms with Gasteiger partial charge in [0.15, 0.2) is 5.69 Å². The zero-order valence-electron chi connectivity index (χ0n) is 10.7. The lowest BCUT2D eigenvalue weighted by atomic mass is 10.1. The molecule has 4 N–H and O–H groups in total. The van der Waals surface area contributed by atoms with E-state index in [1.165, 1.54) is 12.1 Å². The van der Waals surface area contributed by atoms with Crippen molar-refractivity contribution < 1.29 is 15.2 Å². The Labute approximate surface area is 116 Å². The van der Waals surface area contributed by atoms with E-state index >= 15 is 0 Å². The maximum absolute atomic E-state index is 11.7. The summed E-state index contributed by atoms with van der Waals surface area (Å²) in [6.45, 7) is 0. The summed E-state index contributed by atoms with van der Waals surface area (Å²) >= 11 is 0. The van der Waals surface area contributed by atoms with Crippen molar-refractivity contribution in [3.8, 4) is 0 Å². The lowest BCUT2D eigenvalue weighted by molar-refractivity contribution is -0.991. The molecule has 0 aromatic heterocycles. The summed E-state index contributed by atoms with van der Waals surface area (Å²) in [5.74, 6) is -0.168. The Morgan fingerprint density at radius 2 is 1.75 bits per heavy atom. The van der Waals surface area contributed by atoms with Crippen LogP contribution in [-0.4, -0.2) is 11.1 Å². The van der Waals surface area contributed by atoms with Crippen LogP contribution in [0.2, 0.25) is 0 Å². The Kier molecular flexibility index (Phi) is 4.67. The first-order chi connectivity index (χ1) is 9.65. The normalized spacial score (nSPS) is 11.7. The maximum atomic E-state index is 11.7. The average molecular weight is 273 g/mol. The summed E-state index contributed by atoms with van der Waals surface area (Å²) in [6, 6.07) is 15.5. The number of nitrogens with one attached hydrogen (secondary N) is 3. The minimum atomic E-state index is -0.982. The second-order valence-electron chi connectivity index (χ2n) is 4.22. The quantitative estimate of drug-likeness (QED) is 0.606. The van der Waals surface area contributed by atoms with Gasteiger partial charge >= 0.3 is 0 Å². The Morgan fingerprint density at radius 1 is 1.10 bits per heavy atom. The number of benzene rings is 2. The Bertz CT molecular complexity index is 556. The van der Waals surface area contributed by atoms with Crippen LogP contribution >= 0.6 is 0 Å². The van der Waals surface area contributed by atoms with E-state index in [4.69, 9.17) is 5.21 Å². The van der Waals surface area contributed by atoms with Gasteiger partial charge in [0.2, 0.25) is 5.91 Å². The van der Waals surface area contributed by atoms with E-state index in [2.05, 4.69) is 10.9 Å². The van der Waals surface area contributed by atoms with Gasteiger partial charge in [-0.1, -0.05) is 30.3 Å². The van der Waals surface area contributed by atoms with E-state index in [-0.39, 0.29) is 18.0 Å². The number of carbonyl (C=O) groups is 1. The SMILES string of the molecule is O=C(Cc1ccccc1)NNc1ccc([NH+]([O-])O)cc1. The van der Waals surface area contributed by atoms with Crippen molar-refractivity contribution in [1.29, 1.82) is 0 Å². The van der Waals surface area contributed by atoms with E-state index in [9.17, 15) is 10.0 Å². The van der Waals surface area contributed by atoms with E-state index in [0.717, 1.165) is 5.56 Å². The number of hydrogen-bond donors (Lipinski definition) is 4. The van der Waals surface area contributed by atoms with Gasteiger partial charge in [-0.2, -0.15) is 5.23 Å². The highest BCUT2D eigenvalue weighted by atomic mass is 16.8. The Morgan fingerprint density at radius 3 is 2.35 bits per heavy atom. The number of quaternary nitrogens is 1. The summed E-state index contributed by atoms with van der Waals surface area (Å²) in [7, 11) is 0. The van der Waals surface area contributed by atoms with Gasteiger partial charge in [0, 0.05) is 12.1 Å². The van der Waals surface area contributed by atoms with Gasteiger partial charge in [0.25, 0.3) is 0 Å². The first-order valence-corrected chi connectivity index (χ1v) is 6.07. The molecule has 2 rings (SSSR count). The highest BCUT2D eigenvalue weighted by molar-refractivity contribution is 5.79. The number of amides is 1. The summed E-state index contributed by atoms with van der Waals surface area (Å²) in [4.78, 5) is 11.7. The van der Waals surface area contributed by atoms with Crippen LogP contribution in [0, 0.1) is 5.21 Å². The highest BCUT2D eigenvalue weighted by Crippen LogP contribution is 2.09. The van der Waals surface area contributed by atoms with E-state index in [1.807, 2.05) is 30.3 Å². The van der Waals surface area contributed by atoms with Crippen molar-refractivity contribution >= 4 is 17.3 Å². The van der Waals surface area contributed by atoms with Gasteiger partial charge in [0.1, 0.15) is 0 Å². The van der Waals surface area contributed by atoms with Gasteiger partial charge in [0.05, 0.1) is 12.1 Å². The number of hydrazine groups is 1. The summed E-state index contributed by atoms with van der Waals surface area (Å²) in [6.07, 6.45) is 0.279. The third-order valence-electron chi connectivity index (χ3n) is 2.69. The zero-order chi connectivity index (χ0) is 14.4. The molecule has 6 nitrogen and oxygen atoms in total. The fourth-order valence-electron chi connectivity index (χ4n) is 1.66. The van der Waals surface area contributed by atoms with Crippen LogP contribution in [0.15, 0.2) is 54.6 Å². The lowest BCUT2D eigenvalue weighted by Gasteiger charge is -2.12. The third kappa shape index (κ3) is 4.06. The number of rotatable bonds is 5. The molecule has 0 heterocycles. The van der Waals surface area contributed by atoms with Gasteiger partial charge in [-0.25, -0.2) is 5.21 Å². The fraction of sp³-hybridized carbons (Fsp3) is 0.0714. The van der Waals surface area contributed by atoms with Crippen molar-refractivity contribution in [3.63, 3.8) is 0 Å². The first-order valence-electron chi connectivity index (χ1n) is 6.07. The highest BCUT2D eigenvalue weighted by Gasteiger charge is 2.03. The molecule has 0 saturated heterocycles. The van der Waals surface area contributed by atoms with Crippen LogP contribution < -0.4 is 16.1 Å². The molecule has 104 valence electrons. The number of anilines is 1. The number of carbonyl (C=O) groups excluding carboxylic acids is 1. The summed E-state index contributed by atoms with van der Waals surface area (Å²) in [5, 5.41) is 18.5. The van der Waals surface area contributed by atoms with E-state index in [0.29, 0.717) is 5.69 Å². The van der Waals surface area contributed by atoms with Crippen molar-refractivity contribution in [2.75, 3.05) is 5.43 Å². The third-order valence-corrected chi connectivity index (χ3v) is 2.69. The molecule has 2 aromatic rings. The predicted molar refractivity (Wildman–Crippen MR) is 74.1 cm³/mol. The van der Waals surface area contributed by atoms with Crippen molar-refractivity contribution in [1.82, 2.24) is 5.43 Å². The molecule has 0 saturated carbocycles. The topological polar surface area (TPSA) is 88.9 Å². The molecule has 1 unspecified atom stereocenters. The fourth-order valence-corrected chi connectivity index (χ4v) is 1.66. The molecule has 0 aliphatic heterocycles. The van der Waals surface area contributed by atoms with Crippen molar-refractivity contribution in [3.05, 3.63) is 65.4 Å². The molecule has 20 heavy (non-hydrogen) atoms. The van der Waals surface area contributed by atoms with Gasteiger partial charge in [-0.05, 0) is 17.7 Å². The van der Waals surface area contributed by atoms with Crippen LogP contribution in [0.3, 0.4) is 0 Å². The summed E-state index contributed by atoms with van der Waals surface area (Å²) in [5.41, 5.74) is 7.04. The number of hydrogen-bond acceptors (Lipinski definition) is 4. The molecular formula is C14H15N3O3. The summed E-state index contributed by atoms with van der Waals surface area (Å²) < 4.78 is 0. The molecule has 1 atom stereocenters. The van der Waals surface area contributed by atoms with Crippen LogP contribution in [0.25, 0.3) is 0 Å². The van der Waals surface area contributed by atoms with Crippen molar-refractivity contribution in [2.45, 2.75) is 6.42 Å². The largest absolute Gasteiger partial charge is 0.595 e. The molecule has 6 heteroatoms. The molecule has 0 spiro atoms. The van der Waals surface area contributed by atoms with E-state index in [1.54, 1.807) is 12.1 Å². The first kappa shape index (κ1) is 14.0. The Hall–Kier alpha value is -2.41. The van der Waals surface area contributed by atoms with Gasteiger partial charge < -0.3 is 5.21 Å². The average Bonchev–Trinajstić information content (AvgIpc) is 2.46. The minimum Gasteiger partial charge on any atom is -0.595 e. The lowest BCUT2D eigenvalue weighted by Crippen LogP contribution is -2.99. The Balaban J connectivity index is 1.84. The molecule has 0 bridgehead atoms. The predicted octanol–water partition coefficient (Wildman–Crippen LogP) is 0.776. The van der Waals surface area contributed by atoms with Crippen molar-refractivity contribution in [2.24, 2.45) is 0 Å². The molecular weight excluding hydrogens is 258 g/mol. The van der Waals surface area contributed by atoms with Crippen LogP contribution in [0.4, 0.5) is 11.4 Å². The monoisotopic (exact) mass is 273 g/mol.